The van der Waals surface area contributed by atoms with E-state index in [4.69, 9.17) is 9.68 Å². The fraction of sp³-hybridized carbons (Fsp3) is 0.105. The van der Waals surface area contributed by atoms with Gasteiger partial charge in [-0.1, -0.05) is 0 Å². The molecule has 0 amide bonds. The van der Waals surface area contributed by atoms with Crippen LogP contribution in [-0.4, -0.2) is 14.8 Å². The first-order valence-electron chi connectivity index (χ1n) is 8.15. The standard InChI is InChI=1S/C19H9F5N4O/c20-11-2-3-14(21)13(7-11)18-27-26-16(29-18)9-28-6-5-12-15(28)4-1-10(8-25)17(12)19(22,23)24/h1-7H,9H2. The molecular formula is C19H9F5N4O. The summed E-state index contributed by atoms with van der Waals surface area (Å²) < 4.78 is 74.1. The van der Waals surface area contributed by atoms with E-state index in [-0.39, 0.29) is 34.8 Å². The van der Waals surface area contributed by atoms with Crippen molar-refractivity contribution in [1.82, 2.24) is 14.8 Å². The van der Waals surface area contributed by atoms with Crippen LogP contribution in [0.1, 0.15) is 17.0 Å². The molecule has 0 aliphatic rings. The summed E-state index contributed by atoms with van der Waals surface area (Å²) in [4.78, 5) is 0. The summed E-state index contributed by atoms with van der Waals surface area (Å²) >= 11 is 0. The molecule has 0 saturated carbocycles. The highest BCUT2D eigenvalue weighted by Crippen LogP contribution is 2.37. The lowest BCUT2D eigenvalue weighted by Gasteiger charge is -2.11. The molecule has 0 aliphatic heterocycles. The Morgan fingerprint density at radius 2 is 1.86 bits per heavy atom. The first-order chi connectivity index (χ1) is 13.8. The van der Waals surface area contributed by atoms with Crippen molar-refractivity contribution < 1.29 is 26.4 Å². The number of nitrogens with zero attached hydrogens (tertiary/aromatic N) is 4. The predicted molar refractivity (Wildman–Crippen MR) is 90.4 cm³/mol. The Morgan fingerprint density at radius 1 is 1.07 bits per heavy atom. The van der Waals surface area contributed by atoms with Gasteiger partial charge in [-0.2, -0.15) is 18.4 Å². The van der Waals surface area contributed by atoms with Gasteiger partial charge in [-0.15, -0.1) is 10.2 Å². The number of alkyl halides is 3. The molecule has 0 N–H and O–H groups in total. The summed E-state index contributed by atoms with van der Waals surface area (Å²) in [5, 5.41) is 16.3. The Kier molecular flexibility index (Phi) is 4.30. The second-order valence-electron chi connectivity index (χ2n) is 6.10. The minimum Gasteiger partial charge on any atom is -0.419 e. The van der Waals surface area contributed by atoms with E-state index in [9.17, 15) is 22.0 Å². The molecular weight excluding hydrogens is 395 g/mol. The first kappa shape index (κ1) is 18.6. The van der Waals surface area contributed by atoms with Crippen molar-refractivity contribution >= 4 is 10.9 Å². The number of benzene rings is 2. The van der Waals surface area contributed by atoms with Crippen molar-refractivity contribution in [3.8, 4) is 17.5 Å². The van der Waals surface area contributed by atoms with Gasteiger partial charge in [0.1, 0.15) is 18.2 Å². The molecule has 5 nitrogen and oxygen atoms in total. The second-order valence-corrected chi connectivity index (χ2v) is 6.10. The van der Waals surface area contributed by atoms with Gasteiger partial charge in [0.25, 0.3) is 5.89 Å². The number of nitriles is 1. The zero-order valence-corrected chi connectivity index (χ0v) is 14.3. The van der Waals surface area contributed by atoms with E-state index in [1.165, 1.54) is 22.9 Å². The van der Waals surface area contributed by atoms with Crippen LogP contribution in [0, 0.1) is 23.0 Å². The lowest BCUT2D eigenvalue weighted by Crippen LogP contribution is -2.09. The van der Waals surface area contributed by atoms with Crippen molar-refractivity contribution in [3.63, 3.8) is 0 Å². The summed E-state index contributed by atoms with van der Waals surface area (Å²) in [6, 6.07) is 8.01. The van der Waals surface area contributed by atoms with E-state index < -0.39 is 28.9 Å². The maximum atomic E-state index is 13.8. The molecule has 10 heteroatoms. The average molecular weight is 404 g/mol. The van der Waals surface area contributed by atoms with Crippen molar-refractivity contribution in [2.75, 3.05) is 0 Å². The SMILES string of the molecule is N#Cc1ccc2c(ccn2Cc2nnc(-c3cc(F)ccc3F)o2)c1C(F)(F)F. The third-order valence-electron chi connectivity index (χ3n) is 4.29. The van der Waals surface area contributed by atoms with Gasteiger partial charge in [0.05, 0.1) is 22.8 Å². The number of hydrogen-bond acceptors (Lipinski definition) is 4. The molecule has 29 heavy (non-hydrogen) atoms. The molecule has 146 valence electrons. The highest BCUT2D eigenvalue weighted by atomic mass is 19.4. The molecule has 0 aliphatic carbocycles. The van der Waals surface area contributed by atoms with Gasteiger partial charge < -0.3 is 8.98 Å². The molecule has 0 radical (unpaired) electrons. The Balaban J connectivity index is 1.72. The van der Waals surface area contributed by atoms with Gasteiger partial charge >= 0.3 is 6.18 Å². The van der Waals surface area contributed by atoms with E-state index in [0.29, 0.717) is 0 Å². The predicted octanol–water partition coefficient (Wildman–Crippen LogP) is 4.91. The van der Waals surface area contributed by atoms with Crippen molar-refractivity contribution in [2.24, 2.45) is 0 Å². The van der Waals surface area contributed by atoms with Gasteiger partial charge in [0, 0.05) is 17.1 Å². The lowest BCUT2D eigenvalue weighted by molar-refractivity contribution is -0.136. The highest BCUT2D eigenvalue weighted by Gasteiger charge is 2.36. The molecule has 0 spiro atoms. The number of aromatic nitrogens is 3. The molecule has 2 aromatic carbocycles. The van der Waals surface area contributed by atoms with E-state index in [0.717, 1.165) is 24.3 Å². The van der Waals surface area contributed by atoms with Gasteiger partial charge in [-0.3, -0.25) is 0 Å². The minimum atomic E-state index is -4.71. The third-order valence-corrected chi connectivity index (χ3v) is 4.29. The zero-order valence-electron chi connectivity index (χ0n) is 14.3. The summed E-state index contributed by atoms with van der Waals surface area (Å²) in [7, 11) is 0. The summed E-state index contributed by atoms with van der Waals surface area (Å²) in [6.45, 7) is -0.101. The van der Waals surface area contributed by atoms with Crippen LogP contribution >= 0.6 is 0 Å². The molecule has 4 rings (SSSR count). The summed E-state index contributed by atoms with van der Waals surface area (Å²) in [6.07, 6.45) is -3.32. The van der Waals surface area contributed by atoms with Crippen LogP contribution in [-0.2, 0) is 12.7 Å². The van der Waals surface area contributed by atoms with Gasteiger partial charge in [-0.25, -0.2) is 8.78 Å². The van der Waals surface area contributed by atoms with Gasteiger partial charge in [0.2, 0.25) is 5.89 Å². The van der Waals surface area contributed by atoms with E-state index in [2.05, 4.69) is 10.2 Å². The molecule has 0 fully saturated rings. The Bertz CT molecular complexity index is 1270. The number of rotatable bonds is 3. The Morgan fingerprint density at radius 3 is 2.59 bits per heavy atom. The molecule has 0 atom stereocenters. The fourth-order valence-electron chi connectivity index (χ4n) is 3.04. The zero-order chi connectivity index (χ0) is 20.8. The quantitative estimate of drug-likeness (QED) is 0.455. The fourth-order valence-corrected chi connectivity index (χ4v) is 3.04. The van der Waals surface area contributed by atoms with Crippen molar-refractivity contribution in [2.45, 2.75) is 12.7 Å². The normalized spacial score (nSPS) is 11.7. The summed E-state index contributed by atoms with van der Waals surface area (Å²) in [5.74, 6) is -1.72. The molecule has 2 heterocycles. The lowest BCUT2D eigenvalue weighted by atomic mass is 10.0. The molecule has 0 unspecified atom stereocenters. The first-order valence-corrected chi connectivity index (χ1v) is 8.15. The van der Waals surface area contributed by atoms with Crippen LogP contribution in [0.2, 0.25) is 0 Å². The van der Waals surface area contributed by atoms with Crippen LogP contribution in [0.15, 0.2) is 47.0 Å². The number of halogens is 5. The van der Waals surface area contributed by atoms with Crippen molar-refractivity contribution in [3.05, 3.63) is 71.2 Å². The smallest absolute Gasteiger partial charge is 0.418 e. The minimum absolute atomic E-state index is 0.0147. The molecule has 0 bridgehead atoms. The van der Waals surface area contributed by atoms with E-state index in [1.54, 1.807) is 6.07 Å². The Hall–Kier alpha value is -3.74. The molecule has 4 aromatic rings. The second kappa shape index (κ2) is 6.70. The number of fused-ring (bicyclic) bond motifs is 1. The van der Waals surface area contributed by atoms with Crippen LogP contribution in [0.25, 0.3) is 22.4 Å². The van der Waals surface area contributed by atoms with Gasteiger partial charge in [0.15, 0.2) is 0 Å². The monoisotopic (exact) mass is 404 g/mol. The maximum Gasteiger partial charge on any atom is 0.418 e. The van der Waals surface area contributed by atoms with Crippen molar-refractivity contribution in [1.29, 1.82) is 5.26 Å². The molecule has 0 saturated heterocycles. The van der Waals surface area contributed by atoms with Gasteiger partial charge in [-0.05, 0) is 36.4 Å². The van der Waals surface area contributed by atoms with E-state index >= 15 is 0 Å². The van der Waals surface area contributed by atoms with Crippen LogP contribution in [0.5, 0.6) is 0 Å². The largest absolute Gasteiger partial charge is 0.419 e. The third kappa shape index (κ3) is 3.31. The topological polar surface area (TPSA) is 67.6 Å². The molecule has 2 aromatic heterocycles. The van der Waals surface area contributed by atoms with Crippen LogP contribution < -0.4 is 0 Å². The number of hydrogen-bond donors (Lipinski definition) is 0. The van der Waals surface area contributed by atoms with E-state index in [1.807, 2.05) is 0 Å². The van der Waals surface area contributed by atoms with Crippen LogP contribution in [0.4, 0.5) is 22.0 Å². The summed E-state index contributed by atoms with van der Waals surface area (Å²) in [5.41, 5.74) is -1.53. The maximum absolute atomic E-state index is 13.8. The average Bonchev–Trinajstić information content (AvgIpc) is 3.29. The highest BCUT2D eigenvalue weighted by molar-refractivity contribution is 5.86. The Labute approximate surface area is 159 Å². The van der Waals surface area contributed by atoms with Crippen LogP contribution in [0.3, 0.4) is 0 Å².